The van der Waals surface area contributed by atoms with Gasteiger partial charge in [0.15, 0.2) is 11.5 Å². The predicted molar refractivity (Wildman–Crippen MR) is 95.2 cm³/mol. The number of methoxy groups -OCH3 is 3. The van der Waals surface area contributed by atoms with E-state index in [-0.39, 0.29) is 5.02 Å². The summed E-state index contributed by atoms with van der Waals surface area (Å²) < 4.78 is 28.9. The Morgan fingerprint density at radius 2 is 1.72 bits per heavy atom. The molecule has 1 N–H and O–H groups in total. The number of amides is 1. The van der Waals surface area contributed by atoms with Gasteiger partial charge in [0.05, 0.1) is 26.4 Å². The third kappa shape index (κ3) is 4.64. The first-order valence-corrected chi connectivity index (χ1v) is 7.60. The molecule has 0 radical (unpaired) electrons. The Labute approximate surface area is 150 Å². The molecule has 0 fully saturated rings. The minimum absolute atomic E-state index is 0.0635. The van der Waals surface area contributed by atoms with Crippen molar-refractivity contribution in [2.75, 3.05) is 26.6 Å². The number of nitrogens with one attached hydrogen (secondary N) is 1. The molecule has 0 saturated heterocycles. The van der Waals surface area contributed by atoms with Crippen molar-refractivity contribution in [3.05, 3.63) is 52.8 Å². The molecule has 2 aromatic carbocycles. The number of carbonyl (C=O) groups is 1. The van der Waals surface area contributed by atoms with Crippen LogP contribution in [0.2, 0.25) is 5.02 Å². The zero-order valence-electron chi connectivity index (χ0n) is 13.9. The van der Waals surface area contributed by atoms with E-state index >= 15 is 0 Å². The molecule has 0 aliphatic carbocycles. The lowest BCUT2D eigenvalue weighted by Gasteiger charge is -2.12. The predicted octanol–water partition coefficient (Wildman–Crippen LogP) is 4.16. The molecule has 0 aromatic heterocycles. The van der Waals surface area contributed by atoms with Gasteiger partial charge in [0, 0.05) is 11.8 Å². The highest BCUT2D eigenvalue weighted by Crippen LogP contribution is 2.38. The Morgan fingerprint density at radius 3 is 2.24 bits per heavy atom. The average Bonchev–Trinajstić information content (AvgIpc) is 2.62. The van der Waals surface area contributed by atoms with Gasteiger partial charge in [-0.1, -0.05) is 11.6 Å². The number of hydrogen-bond donors (Lipinski definition) is 1. The molecule has 0 heterocycles. The average molecular weight is 366 g/mol. The Kier molecular flexibility index (Phi) is 6.25. The van der Waals surface area contributed by atoms with Gasteiger partial charge in [-0.3, -0.25) is 4.79 Å². The number of ether oxygens (including phenoxy) is 3. The third-order valence-corrected chi connectivity index (χ3v) is 3.59. The van der Waals surface area contributed by atoms with Crippen molar-refractivity contribution in [3.63, 3.8) is 0 Å². The van der Waals surface area contributed by atoms with Crippen LogP contribution in [0, 0.1) is 5.82 Å². The van der Waals surface area contributed by atoms with Crippen LogP contribution < -0.4 is 19.5 Å². The molecule has 25 heavy (non-hydrogen) atoms. The molecular formula is C18H17ClFNO4. The Balaban J connectivity index is 2.17. The summed E-state index contributed by atoms with van der Waals surface area (Å²) in [7, 11) is 4.53. The van der Waals surface area contributed by atoms with Crippen LogP contribution in [0.1, 0.15) is 5.56 Å². The summed E-state index contributed by atoms with van der Waals surface area (Å²) >= 11 is 5.68. The molecule has 0 spiro atoms. The standard InChI is InChI=1S/C18H17ClFNO4/c1-23-15-8-11(9-16(24-2)18(15)25-3)4-7-17(22)21-12-5-6-14(20)13(19)10-12/h4-10H,1-3H3,(H,21,22)/b7-4-. The lowest BCUT2D eigenvalue weighted by Crippen LogP contribution is -2.07. The topological polar surface area (TPSA) is 56.8 Å². The van der Waals surface area contributed by atoms with Crippen LogP contribution >= 0.6 is 11.6 Å². The van der Waals surface area contributed by atoms with Crippen LogP contribution in [0.4, 0.5) is 10.1 Å². The van der Waals surface area contributed by atoms with E-state index in [0.717, 1.165) is 0 Å². The van der Waals surface area contributed by atoms with E-state index in [1.165, 1.54) is 45.6 Å². The lowest BCUT2D eigenvalue weighted by molar-refractivity contribution is -0.111. The van der Waals surface area contributed by atoms with Gasteiger partial charge in [0.1, 0.15) is 5.82 Å². The third-order valence-electron chi connectivity index (χ3n) is 3.30. The molecule has 0 bridgehead atoms. The van der Waals surface area contributed by atoms with E-state index in [2.05, 4.69) is 5.32 Å². The van der Waals surface area contributed by atoms with Gasteiger partial charge < -0.3 is 19.5 Å². The molecule has 132 valence electrons. The lowest BCUT2D eigenvalue weighted by atomic mass is 10.1. The maximum absolute atomic E-state index is 13.1. The van der Waals surface area contributed by atoms with Crippen molar-refractivity contribution < 1.29 is 23.4 Å². The fourth-order valence-electron chi connectivity index (χ4n) is 2.13. The molecule has 2 rings (SSSR count). The van der Waals surface area contributed by atoms with Crippen molar-refractivity contribution in [2.45, 2.75) is 0 Å². The summed E-state index contributed by atoms with van der Waals surface area (Å²) in [5.74, 6) is 0.482. The second-order valence-corrected chi connectivity index (χ2v) is 5.32. The van der Waals surface area contributed by atoms with Crippen molar-refractivity contribution in [2.24, 2.45) is 0 Å². The molecule has 7 heteroatoms. The van der Waals surface area contributed by atoms with E-state index in [1.54, 1.807) is 18.2 Å². The van der Waals surface area contributed by atoms with E-state index in [9.17, 15) is 9.18 Å². The second kappa shape index (κ2) is 8.39. The van der Waals surface area contributed by atoms with Crippen molar-refractivity contribution in [1.82, 2.24) is 0 Å². The van der Waals surface area contributed by atoms with E-state index in [4.69, 9.17) is 25.8 Å². The highest BCUT2D eigenvalue weighted by molar-refractivity contribution is 6.31. The largest absolute Gasteiger partial charge is 0.493 e. The van der Waals surface area contributed by atoms with Gasteiger partial charge in [-0.2, -0.15) is 0 Å². The van der Waals surface area contributed by atoms with Crippen LogP contribution in [0.3, 0.4) is 0 Å². The highest BCUT2D eigenvalue weighted by atomic mass is 35.5. The zero-order valence-corrected chi connectivity index (χ0v) is 14.7. The molecular weight excluding hydrogens is 349 g/mol. The summed E-state index contributed by atoms with van der Waals surface area (Å²) in [6.45, 7) is 0. The van der Waals surface area contributed by atoms with Crippen LogP contribution in [0.25, 0.3) is 6.08 Å². The van der Waals surface area contributed by atoms with Gasteiger partial charge >= 0.3 is 0 Å². The monoisotopic (exact) mass is 365 g/mol. The van der Waals surface area contributed by atoms with Crippen LogP contribution in [-0.4, -0.2) is 27.2 Å². The minimum Gasteiger partial charge on any atom is -0.493 e. The van der Waals surface area contributed by atoms with Crippen LogP contribution in [0.15, 0.2) is 36.4 Å². The molecule has 0 unspecified atom stereocenters. The number of hydrogen-bond acceptors (Lipinski definition) is 4. The fraction of sp³-hybridized carbons (Fsp3) is 0.167. The summed E-state index contributed by atoms with van der Waals surface area (Å²) in [5, 5.41) is 2.53. The van der Waals surface area contributed by atoms with Crippen molar-refractivity contribution >= 4 is 29.3 Å². The molecule has 0 aliphatic heterocycles. The molecule has 5 nitrogen and oxygen atoms in total. The van der Waals surface area contributed by atoms with Crippen molar-refractivity contribution in [1.29, 1.82) is 0 Å². The Morgan fingerprint density at radius 1 is 1.08 bits per heavy atom. The van der Waals surface area contributed by atoms with Crippen LogP contribution in [-0.2, 0) is 4.79 Å². The number of benzene rings is 2. The smallest absolute Gasteiger partial charge is 0.248 e. The number of halogens is 2. The summed E-state index contributed by atoms with van der Waals surface area (Å²) in [6.07, 6.45) is 2.92. The number of carbonyl (C=O) groups excluding carboxylic acids is 1. The fourth-order valence-corrected chi connectivity index (χ4v) is 2.31. The van der Waals surface area contributed by atoms with E-state index in [0.29, 0.717) is 28.5 Å². The first-order valence-electron chi connectivity index (χ1n) is 7.22. The Hall–Kier alpha value is -2.73. The zero-order chi connectivity index (χ0) is 18.4. The first-order chi connectivity index (χ1) is 12.0. The van der Waals surface area contributed by atoms with Gasteiger partial charge in [-0.05, 0) is 42.0 Å². The molecule has 1 amide bonds. The summed E-state index contributed by atoms with van der Waals surface area (Å²) in [5.41, 5.74) is 1.08. The molecule has 2 aromatic rings. The van der Waals surface area contributed by atoms with Gasteiger partial charge in [0.25, 0.3) is 0 Å². The maximum atomic E-state index is 13.1. The van der Waals surface area contributed by atoms with Gasteiger partial charge in [-0.25, -0.2) is 4.39 Å². The Bertz CT molecular complexity index is 783. The molecule has 0 saturated carbocycles. The number of rotatable bonds is 6. The first kappa shape index (κ1) is 18.6. The molecule has 0 aliphatic rings. The maximum Gasteiger partial charge on any atom is 0.248 e. The van der Waals surface area contributed by atoms with E-state index < -0.39 is 11.7 Å². The second-order valence-electron chi connectivity index (χ2n) is 4.91. The van der Waals surface area contributed by atoms with Gasteiger partial charge in [0.2, 0.25) is 11.7 Å². The van der Waals surface area contributed by atoms with Gasteiger partial charge in [-0.15, -0.1) is 0 Å². The van der Waals surface area contributed by atoms with Crippen LogP contribution in [0.5, 0.6) is 17.2 Å². The minimum atomic E-state index is -0.548. The number of anilines is 1. The summed E-state index contributed by atoms with van der Waals surface area (Å²) in [6, 6.07) is 7.36. The quantitative estimate of drug-likeness (QED) is 0.781. The van der Waals surface area contributed by atoms with E-state index in [1.807, 2.05) is 0 Å². The molecule has 0 atom stereocenters. The van der Waals surface area contributed by atoms with Crippen molar-refractivity contribution in [3.8, 4) is 17.2 Å². The normalized spacial score (nSPS) is 10.6. The SMILES string of the molecule is COc1cc(/C=C\C(=O)Nc2ccc(F)c(Cl)c2)cc(OC)c1OC. The highest BCUT2D eigenvalue weighted by Gasteiger charge is 2.12. The summed E-state index contributed by atoms with van der Waals surface area (Å²) in [4.78, 5) is 12.0.